The third-order valence-corrected chi connectivity index (χ3v) is 5.06. The van der Waals surface area contributed by atoms with E-state index < -0.39 is 11.5 Å². The Kier molecular flexibility index (Phi) is 6.22. The molecular weight excluding hydrogens is 396 g/mol. The Hall–Kier alpha value is -3.51. The maximum Gasteiger partial charge on any atom is 0.197 e. The summed E-state index contributed by atoms with van der Waals surface area (Å²) in [5.41, 5.74) is 2.87. The lowest BCUT2D eigenvalue weighted by Crippen LogP contribution is -2.12. The van der Waals surface area contributed by atoms with Crippen molar-refractivity contribution in [3.8, 4) is 28.6 Å². The predicted molar refractivity (Wildman–Crippen MR) is 121 cm³/mol. The van der Waals surface area contributed by atoms with Crippen LogP contribution in [0.3, 0.4) is 0 Å². The van der Waals surface area contributed by atoms with Crippen LogP contribution in [0.1, 0.15) is 31.9 Å². The Morgan fingerprint density at radius 3 is 2.39 bits per heavy atom. The van der Waals surface area contributed by atoms with E-state index in [1.165, 1.54) is 12.1 Å². The fourth-order valence-corrected chi connectivity index (χ4v) is 3.31. The van der Waals surface area contributed by atoms with Crippen molar-refractivity contribution in [2.24, 2.45) is 0 Å². The third kappa shape index (κ3) is 4.81. The van der Waals surface area contributed by atoms with Gasteiger partial charge in [0.2, 0.25) is 0 Å². The van der Waals surface area contributed by atoms with Gasteiger partial charge in [0.15, 0.2) is 5.43 Å². The summed E-state index contributed by atoms with van der Waals surface area (Å²) in [6.07, 6.45) is 1.73. The second-order valence-corrected chi connectivity index (χ2v) is 8.01. The minimum absolute atomic E-state index is 0.0250. The fraction of sp³-hybridized carbons (Fsp3) is 0.240. The Morgan fingerprint density at radius 2 is 1.74 bits per heavy atom. The van der Waals surface area contributed by atoms with Gasteiger partial charge in [0.05, 0.1) is 6.10 Å². The van der Waals surface area contributed by atoms with E-state index in [4.69, 9.17) is 4.42 Å². The summed E-state index contributed by atoms with van der Waals surface area (Å²) in [7, 11) is 0. The van der Waals surface area contributed by atoms with Crippen LogP contribution >= 0.6 is 0 Å². The van der Waals surface area contributed by atoms with Gasteiger partial charge < -0.3 is 24.8 Å². The third-order valence-electron chi connectivity index (χ3n) is 5.06. The van der Waals surface area contributed by atoms with Gasteiger partial charge in [0.1, 0.15) is 34.0 Å². The van der Waals surface area contributed by atoms with Gasteiger partial charge in [-0.05, 0) is 50.5 Å². The first-order chi connectivity index (χ1) is 14.6. The van der Waals surface area contributed by atoms with Crippen LogP contribution in [0.25, 0.3) is 22.3 Å². The number of fused-ring (bicyclic) bond motifs is 1. The summed E-state index contributed by atoms with van der Waals surface area (Å²) in [5, 5.41) is 40.8. The molecule has 31 heavy (non-hydrogen) atoms. The van der Waals surface area contributed by atoms with Crippen molar-refractivity contribution < 1.29 is 24.8 Å². The van der Waals surface area contributed by atoms with Gasteiger partial charge in [0, 0.05) is 30.2 Å². The van der Waals surface area contributed by atoms with E-state index in [1.807, 2.05) is 19.9 Å². The van der Waals surface area contributed by atoms with Gasteiger partial charge in [0.25, 0.3) is 0 Å². The Morgan fingerprint density at radius 1 is 1.06 bits per heavy atom. The number of phenols is 3. The zero-order chi connectivity index (χ0) is 22.9. The molecule has 0 aliphatic heterocycles. The molecule has 0 bridgehead atoms. The maximum absolute atomic E-state index is 12.6. The van der Waals surface area contributed by atoms with Gasteiger partial charge in [-0.25, -0.2) is 0 Å². The summed E-state index contributed by atoms with van der Waals surface area (Å²) in [4.78, 5) is 12.6. The first kappa shape index (κ1) is 22.2. The number of phenolic OH excluding ortho intramolecular Hbond substituents is 3. The number of hydrogen-bond acceptors (Lipinski definition) is 6. The van der Waals surface area contributed by atoms with E-state index in [0.29, 0.717) is 28.7 Å². The molecule has 0 fully saturated rings. The molecule has 0 radical (unpaired) electrons. The van der Waals surface area contributed by atoms with Gasteiger partial charge in [-0.3, -0.25) is 4.79 Å². The quantitative estimate of drug-likeness (QED) is 0.433. The van der Waals surface area contributed by atoms with Crippen LogP contribution in [0, 0.1) is 0 Å². The van der Waals surface area contributed by atoms with Crippen LogP contribution in [-0.4, -0.2) is 26.5 Å². The molecular formula is C25H26O6. The van der Waals surface area contributed by atoms with Crippen LogP contribution < -0.4 is 5.43 Å². The van der Waals surface area contributed by atoms with Crippen molar-refractivity contribution >= 4 is 11.0 Å². The van der Waals surface area contributed by atoms with Gasteiger partial charge in [-0.2, -0.15) is 0 Å². The van der Waals surface area contributed by atoms with E-state index in [1.54, 1.807) is 19.1 Å². The van der Waals surface area contributed by atoms with Crippen LogP contribution in [-0.2, 0) is 12.8 Å². The number of benzene rings is 2. The Balaban J connectivity index is 2.22. The average Bonchev–Trinajstić information content (AvgIpc) is 2.67. The summed E-state index contributed by atoms with van der Waals surface area (Å²) in [5.74, 6) is -0.312. The number of allylic oxidation sites excluding steroid dienone is 2. The Bertz CT molecular complexity index is 1250. The van der Waals surface area contributed by atoms with E-state index in [9.17, 15) is 25.2 Å². The predicted octanol–water partition coefficient (Wildman–Crippen LogP) is 4.57. The Labute approximate surface area is 180 Å². The van der Waals surface area contributed by atoms with Crippen molar-refractivity contribution in [3.05, 3.63) is 75.5 Å². The fourth-order valence-electron chi connectivity index (χ4n) is 3.31. The summed E-state index contributed by atoms with van der Waals surface area (Å²) in [6, 6.07) is 6.97. The zero-order valence-electron chi connectivity index (χ0n) is 17.8. The van der Waals surface area contributed by atoms with Crippen LogP contribution in [0.5, 0.6) is 17.2 Å². The van der Waals surface area contributed by atoms with Crippen molar-refractivity contribution in [1.29, 1.82) is 0 Å². The van der Waals surface area contributed by atoms with Gasteiger partial charge >= 0.3 is 0 Å². The summed E-state index contributed by atoms with van der Waals surface area (Å²) >= 11 is 0. The largest absolute Gasteiger partial charge is 0.508 e. The maximum atomic E-state index is 12.6. The highest BCUT2D eigenvalue weighted by atomic mass is 16.3. The van der Waals surface area contributed by atoms with Crippen LogP contribution in [0.2, 0.25) is 0 Å². The molecule has 2 aromatic carbocycles. The van der Waals surface area contributed by atoms with Crippen molar-refractivity contribution in [1.82, 2.24) is 0 Å². The van der Waals surface area contributed by atoms with Crippen molar-refractivity contribution in [3.63, 3.8) is 0 Å². The molecule has 0 aliphatic rings. The number of aliphatic hydroxyl groups excluding tert-OH is 1. The van der Waals surface area contributed by atoms with Crippen LogP contribution in [0.4, 0.5) is 0 Å². The first-order valence-corrected chi connectivity index (χ1v) is 9.88. The molecule has 1 aromatic heterocycles. The van der Waals surface area contributed by atoms with E-state index in [2.05, 4.69) is 6.58 Å². The minimum Gasteiger partial charge on any atom is -0.508 e. The molecule has 1 atom stereocenters. The topological polar surface area (TPSA) is 111 Å². The summed E-state index contributed by atoms with van der Waals surface area (Å²) in [6.45, 7) is 9.37. The molecule has 0 saturated heterocycles. The lowest BCUT2D eigenvalue weighted by atomic mass is 9.95. The zero-order valence-corrected chi connectivity index (χ0v) is 17.8. The monoisotopic (exact) mass is 422 g/mol. The van der Waals surface area contributed by atoms with E-state index >= 15 is 0 Å². The standard InChI is InChI=1S/C25H26O6/c1-13(2)5-6-15-7-16(8-17(25(15)30)9-19(27)14(3)4)22-12-21(29)24-20(28)10-18(26)11-23(24)31-22/h5,7-8,10-12,19,26-28,30H,3,6,9H2,1-2,4H3/t19-/m1/s1. The second kappa shape index (κ2) is 8.70. The molecule has 0 aliphatic carbocycles. The minimum atomic E-state index is -0.838. The summed E-state index contributed by atoms with van der Waals surface area (Å²) < 4.78 is 5.82. The van der Waals surface area contributed by atoms with Crippen molar-refractivity contribution in [2.75, 3.05) is 0 Å². The highest BCUT2D eigenvalue weighted by Crippen LogP contribution is 2.34. The smallest absolute Gasteiger partial charge is 0.197 e. The lowest BCUT2D eigenvalue weighted by Gasteiger charge is -2.16. The molecule has 3 rings (SSSR count). The molecule has 4 N–H and O–H groups in total. The SMILES string of the molecule is C=C(C)[C@H](O)Cc1cc(-c2cc(=O)c3c(O)cc(O)cc3o2)cc(CC=C(C)C)c1O. The van der Waals surface area contributed by atoms with Gasteiger partial charge in [-0.15, -0.1) is 0 Å². The lowest BCUT2D eigenvalue weighted by molar-refractivity contribution is 0.210. The highest BCUT2D eigenvalue weighted by molar-refractivity contribution is 5.86. The van der Waals surface area contributed by atoms with Crippen molar-refractivity contribution in [2.45, 2.75) is 39.7 Å². The molecule has 1 heterocycles. The molecule has 162 valence electrons. The number of rotatable bonds is 6. The molecule has 6 heteroatoms. The molecule has 0 amide bonds. The molecule has 3 aromatic rings. The molecule has 0 unspecified atom stereocenters. The molecule has 6 nitrogen and oxygen atoms in total. The molecule has 0 saturated carbocycles. The van der Waals surface area contributed by atoms with Gasteiger partial charge in [-0.1, -0.05) is 23.8 Å². The van der Waals surface area contributed by atoms with Crippen LogP contribution in [0.15, 0.2) is 63.3 Å². The average molecular weight is 422 g/mol. The highest BCUT2D eigenvalue weighted by Gasteiger charge is 2.18. The van der Waals surface area contributed by atoms with E-state index in [-0.39, 0.29) is 40.4 Å². The second-order valence-electron chi connectivity index (χ2n) is 8.01. The first-order valence-electron chi connectivity index (χ1n) is 9.88. The van der Waals surface area contributed by atoms with E-state index in [0.717, 1.165) is 11.6 Å². The normalized spacial score (nSPS) is 12.0. The molecule has 0 spiro atoms. The number of hydrogen-bond donors (Lipinski definition) is 4. The number of aromatic hydroxyl groups is 3. The number of aliphatic hydroxyl groups is 1.